The van der Waals surface area contributed by atoms with Crippen LogP contribution >= 0.6 is 11.3 Å². The van der Waals surface area contributed by atoms with Crippen molar-refractivity contribution in [3.05, 3.63) is 47.5 Å². The van der Waals surface area contributed by atoms with Crippen molar-refractivity contribution in [2.45, 2.75) is 37.7 Å². The number of hydrogen-bond donors (Lipinski definition) is 0. The van der Waals surface area contributed by atoms with Gasteiger partial charge in [0.2, 0.25) is 10.0 Å². The van der Waals surface area contributed by atoms with Gasteiger partial charge < -0.3 is 9.47 Å². The van der Waals surface area contributed by atoms with Crippen LogP contribution in [0.15, 0.2) is 41.3 Å². The summed E-state index contributed by atoms with van der Waals surface area (Å²) >= 11 is 1.48. The molecule has 29 heavy (non-hydrogen) atoms. The van der Waals surface area contributed by atoms with E-state index in [1.54, 1.807) is 17.5 Å². The predicted octanol–water partition coefficient (Wildman–Crippen LogP) is 4.15. The summed E-state index contributed by atoms with van der Waals surface area (Å²) in [6.45, 7) is 4.69. The van der Waals surface area contributed by atoms with Gasteiger partial charge in [0.05, 0.1) is 22.2 Å². The fourth-order valence-electron chi connectivity index (χ4n) is 3.62. The van der Waals surface area contributed by atoms with E-state index in [9.17, 15) is 8.42 Å². The maximum absolute atomic E-state index is 13.0. The average molecular weight is 433 g/mol. The van der Waals surface area contributed by atoms with Crippen molar-refractivity contribution in [2.24, 2.45) is 0 Å². The number of piperidine rings is 1. The molecule has 4 rings (SSSR count). The third kappa shape index (κ3) is 4.10. The summed E-state index contributed by atoms with van der Waals surface area (Å²) in [6.07, 6.45) is 1.25. The third-order valence-electron chi connectivity index (χ3n) is 5.19. The topological polar surface area (TPSA) is 68.7 Å². The highest BCUT2D eigenvalue weighted by atomic mass is 32.2. The zero-order chi connectivity index (χ0) is 20.6. The van der Waals surface area contributed by atoms with E-state index in [1.165, 1.54) is 11.3 Å². The second-order valence-electron chi connectivity index (χ2n) is 7.30. The minimum absolute atomic E-state index is 0.0389. The number of thiazole rings is 1. The Morgan fingerprint density at radius 1 is 1.10 bits per heavy atom. The van der Waals surface area contributed by atoms with Crippen LogP contribution in [-0.4, -0.2) is 44.0 Å². The first kappa shape index (κ1) is 20.1. The zero-order valence-corrected chi connectivity index (χ0v) is 18.3. The Balaban J connectivity index is 1.43. The van der Waals surface area contributed by atoms with Gasteiger partial charge in [0.15, 0.2) is 0 Å². The number of nitrogens with zero attached hydrogens (tertiary/aromatic N) is 2. The summed E-state index contributed by atoms with van der Waals surface area (Å²) in [5, 5.41) is 0.615. The van der Waals surface area contributed by atoms with E-state index in [0.29, 0.717) is 36.0 Å². The number of hydrogen-bond acceptors (Lipinski definition) is 6. The van der Waals surface area contributed by atoms with Gasteiger partial charge in [-0.3, -0.25) is 0 Å². The van der Waals surface area contributed by atoms with E-state index in [2.05, 4.69) is 4.98 Å². The van der Waals surface area contributed by atoms with Crippen molar-refractivity contribution < 1.29 is 17.9 Å². The fraction of sp³-hybridized carbons (Fsp3) is 0.381. The van der Waals surface area contributed by atoms with E-state index in [-0.39, 0.29) is 6.10 Å². The van der Waals surface area contributed by atoms with E-state index in [0.717, 1.165) is 27.1 Å². The Labute approximate surface area is 175 Å². The van der Waals surface area contributed by atoms with Gasteiger partial charge in [0.25, 0.3) is 5.19 Å². The summed E-state index contributed by atoms with van der Waals surface area (Å²) < 4.78 is 39.9. The smallest absolute Gasteiger partial charge is 0.274 e. The first-order chi connectivity index (χ1) is 13.9. The number of fused-ring (bicyclic) bond motifs is 1. The molecule has 2 heterocycles. The van der Waals surface area contributed by atoms with Crippen molar-refractivity contribution in [1.29, 1.82) is 0 Å². The lowest BCUT2D eigenvalue weighted by Crippen LogP contribution is -2.41. The van der Waals surface area contributed by atoms with Crippen molar-refractivity contribution in [3.63, 3.8) is 0 Å². The Morgan fingerprint density at radius 3 is 2.55 bits per heavy atom. The van der Waals surface area contributed by atoms with E-state index >= 15 is 0 Å². The summed E-state index contributed by atoms with van der Waals surface area (Å²) in [4.78, 5) is 4.92. The molecule has 3 aromatic rings. The molecule has 1 fully saturated rings. The highest BCUT2D eigenvalue weighted by Crippen LogP contribution is 2.32. The van der Waals surface area contributed by atoms with Gasteiger partial charge in [0.1, 0.15) is 11.9 Å². The molecule has 0 aliphatic carbocycles. The van der Waals surface area contributed by atoms with Gasteiger partial charge in [-0.2, -0.15) is 4.31 Å². The monoisotopic (exact) mass is 432 g/mol. The van der Waals surface area contributed by atoms with Crippen molar-refractivity contribution in [2.75, 3.05) is 20.2 Å². The number of sulfonamides is 1. The number of aromatic nitrogens is 1. The number of benzene rings is 2. The lowest BCUT2D eigenvalue weighted by Gasteiger charge is -2.31. The lowest BCUT2D eigenvalue weighted by atomic mass is 10.1. The third-order valence-corrected chi connectivity index (χ3v) is 8.16. The second-order valence-corrected chi connectivity index (χ2v) is 10.2. The molecule has 0 saturated carbocycles. The molecule has 0 N–H and O–H groups in total. The number of ether oxygens (including phenoxy) is 2. The van der Waals surface area contributed by atoms with Crippen LogP contribution in [0.5, 0.6) is 10.9 Å². The second kappa shape index (κ2) is 7.93. The minimum Gasteiger partial charge on any atom is -0.497 e. The molecule has 0 unspecified atom stereocenters. The molecule has 0 atom stereocenters. The van der Waals surface area contributed by atoms with Gasteiger partial charge in [-0.25, -0.2) is 13.4 Å². The van der Waals surface area contributed by atoms with E-state index in [1.807, 2.05) is 44.2 Å². The first-order valence-electron chi connectivity index (χ1n) is 9.55. The van der Waals surface area contributed by atoms with Crippen molar-refractivity contribution in [3.8, 4) is 10.9 Å². The zero-order valence-electron chi connectivity index (χ0n) is 16.7. The van der Waals surface area contributed by atoms with Gasteiger partial charge >= 0.3 is 0 Å². The molecule has 1 aliphatic rings. The van der Waals surface area contributed by atoms with Crippen LogP contribution in [0.25, 0.3) is 10.2 Å². The van der Waals surface area contributed by atoms with Crippen molar-refractivity contribution >= 4 is 31.6 Å². The predicted molar refractivity (Wildman–Crippen MR) is 114 cm³/mol. The number of rotatable bonds is 5. The molecule has 2 aromatic carbocycles. The molecule has 0 spiro atoms. The van der Waals surface area contributed by atoms with Crippen LogP contribution in [0.3, 0.4) is 0 Å². The SMILES string of the molecule is COc1ccc2nc(OC3CCN(S(=O)(=O)c4ccc(C)cc4C)CC3)sc2c1. The molecule has 0 amide bonds. The summed E-state index contributed by atoms with van der Waals surface area (Å²) in [7, 11) is -1.84. The quantitative estimate of drug-likeness (QED) is 0.606. The summed E-state index contributed by atoms with van der Waals surface area (Å²) in [6, 6.07) is 11.2. The molecule has 1 aromatic heterocycles. The van der Waals surface area contributed by atoms with Crippen LogP contribution in [0.1, 0.15) is 24.0 Å². The van der Waals surface area contributed by atoms with Crippen LogP contribution in [0.4, 0.5) is 0 Å². The van der Waals surface area contributed by atoms with E-state index < -0.39 is 10.0 Å². The highest BCUT2D eigenvalue weighted by Gasteiger charge is 2.31. The maximum Gasteiger partial charge on any atom is 0.274 e. The minimum atomic E-state index is -3.48. The first-order valence-corrected chi connectivity index (χ1v) is 11.8. The maximum atomic E-state index is 13.0. The molecule has 1 saturated heterocycles. The molecule has 6 nitrogen and oxygen atoms in total. The van der Waals surface area contributed by atoms with Gasteiger partial charge in [-0.1, -0.05) is 29.0 Å². The van der Waals surface area contributed by atoms with Crippen LogP contribution in [-0.2, 0) is 10.0 Å². The Hall–Kier alpha value is -2.16. The Morgan fingerprint density at radius 2 is 1.86 bits per heavy atom. The molecule has 0 bridgehead atoms. The standard InChI is InChI=1S/C21H24N2O4S2/c1-14-4-7-20(15(2)12-14)29(24,25)23-10-8-16(9-11-23)27-21-22-18-6-5-17(26-3)13-19(18)28-21/h4-7,12-13,16H,8-11H2,1-3H3. The Bertz CT molecular complexity index is 1130. The average Bonchev–Trinajstić information content (AvgIpc) is 3.09. The summed E-state index contributed by atoms with van der Waals surface area (Å²) in [5.74, 6) is 0.789. The number of aryl methyl sites for hydroxylation is 2. The molecule has 8 heteroatoms. The van der Waals surface area contributed by atoms with E-state index in [4.69, 9.17) is 9.47 Å². The lowest BCUT2D eigenvalue weighted by molar-refractivity contribution is 0.135. The molecule has 0 radical (unpaired) electrons. The van der Waals surface area contributed by atoms with Crippen molar-refractivity contribution in [1.82, 2.24) is 9.29 Å². The van der Waals surface area contributed by atoms with Gasteiger partial charge in [0, 0.05) is 13.1 Å². The van der Waals surface area contributed by atoms with Crippen LogP contribution in [0.2, 0.25) is 0 Å². The fourth-order valence-corrected chi connectivity index (χ4v) is 6.21. The molecule has 1 aliphatic heterocycles. The van der Waals surface area contributed by atoms with Gasteiger partial charge in [-0.05, 0) is 56.5 Å². The number of methoxy groups -OCH3 is 1. The van der Waals surface area contributed by atoms with Gasteiger partial charge in [-0.15, -0.1) is 0 Å². The normalized spacial score (nSPS) is 16.2. The summed E-state index contributed by atoms with van der Waals surface area (Å²) in [5.41, 5.74) is 2.72. The highest BCUT2D eigenvalue weighted by molar-refractivity contribution is 7.89. The van der Waals surface area contributed by atoms with Crippen LogP contribution < -0.4 is 9.47 Å². The molecule has 154 valence electrons. The van der Waals surface area contributed by atoms with Crippen LogP contribution in [0, 0.1) is 13.8 Å². The Kier molecular flexibility index (Phi) is 5.50. The molecular weight excluding hydrogens is 408 g/mol. The molecular formula is C21H24N2O4S2. The largest absolute Gasteiger partial charge is 0.497 e.